The van der Waals surface area contributed by atoms with Crippen LogP contribution in [0.15, 0.2) is 36.7 Å². The maximum Gasteiger partial charge on any atom is 0.418 e. The number of rotatable bonds is 4. The molecule has 0 radical (unpaired) electrons. The predicted octanol–water partition coefficient (Wildman–Crippen LogP) is 3.87. The minimum absolute atomic E-state index is 0.00372. The van der Waals surface area contributed by atoms with Gasteiger partial charge in [0.2, 0.25) is 5.91 Å². The Kier molecular flexibility index (Phi) is 5.41. The van der Waals surface area contributed by atoms with Crippen LogP contribution in [-0.2, 0) is 17.4 Å². The van der Waals surface area contributed by atoms with Crippen molar-refractivity contribution < 1.29 is 22.8 Å². The zero-order valence-corrected chi connectivity index (χ0v) is 13.6. The highest BCUT2D eigenvalue weighted by Gasteiger charge is 2.34. The van der Waals surface area contributed by atoms with E-state index in [2.05, 4.69) is 15.6 Å². The summed E-state index contributed by atoms with van der Waals surface area (Å²) in [6, 6.07) is 4.63. The zero-order chi connectivity index (χ0) is 18.6. The van der Waals surface area contributed by atoms with Gasteiger partial charge in [0.1, 0.15) is 0 Å². The second-order valence-electron chi connectivity index (χ2n) is 5.28. The molecule has 0 saturated carbocycles. The van der Waals surface area contributed by atoms with Gasteiger partial charge < -0.3 is 10.6 Å². The number of hydrogen-bond donors (Lipinski definition) is 2. The summed E-state index contributed by atoms with van der Waals surface area (Å²) in [5.74, 6) is -1.15. The van der Waals surface area contributed by atoms with E-state index in [-0.39, 0.29) is 16.9 Å². The van der Waals surface area contributed by atoms with Crippen molar-refractivity contribution in [2.45, 2.75) is 26.4 Å². The lowest BCUT2D eigenvalue weighted by Crippen LogP contribution is -2.18. The highest BCUT2D eigenvalue weighted by Crippen LogP contribution is 2.36. The number of benzene rings is 1. The number of halogens is 3. The lowest BCUT2D eigenvalue weighted by molar-refractivity contribution is -0.137. The molecule has 2 rings (SSSR count). The van der Waals surface area contributed by atoms with Crippen LogP contribution in [0.4, 0.5) is 24.5 Å². The summed E-state index contributed by atoms with van der Waals surface area (Å²) in [4.78, 5) is 27.3. The highest BCUT2D eigenvalue weighted by atomic mass is 19.4. The van der Waals surface area contributed by atoms with E-state index in [1.54, 1.807) is 0 Å². The number of alkyl halides is 3. The van der Waals surface area contributed by atoms with Crippen LogP contribution >= 0.6 is 0 Å². The molecule has 5 nitrogen and oxygen atoms in total. The fraction of sp³-hybridized carbons (Fsp3) is 0.235. The van der Waals surface area contributed by atoms with Crippen molar-refractivity contribution in [1.29, 1.82) is 0 Å². The lowest BCUT2D eigenvalue weighted by atomic mass is 10.1. The maximum absolute atomic E-state index is 13.3. The van der Waals surface area contributed by atoms with E-state index >= 15 is 0 Å². The number of aryl methyl sites for hydroxylation is 1. The first-order valence-electron chi connectivity index (χ1n) is 7.45. The SMILES string of the molecule is CCc1cnccc1C(=O)Nc1ccc(NC(C)=O)cc1C(F)(F)F. The Bertz CT molecular complexity index is 804. The summed E-state index contributed by atoms with van der Waals surface area (Å²) in [7, 11) is 0. The fourth-order valence-corrected chi connectivity index (χ4v) is 2.29. The van der Waals surface area contributed by atoms with E-state index < -0.39 is 23.6 Å². The average molecular weight is 351 g/mol. The first kappa shape index (κ1) is 18.4. The highest BCUT2D eigenvalue weighted by molar-refractivity contribution is 6.05. The predicted molar refractivity (Wildman–Crippen MR) is 87.3 cm³/mol. The van der Waals surface area contributed by atoms with E-state index in [1.165, 1.54) is 31.5 Å². The van der Waals surface area contributed by atoms with Gasteiger partial charge >= 0.3 is 6.18 Å². The number of hydrogen-bond acceptors (Lipinski definition) is 3. The molecule has 0 aliphatic rings. The van der Waals surface area contributed by atoms with Gasteiger partial charge in [-0.05, 0) is 36.2 Å². The molecule has 0 spiro atoms. The van der Waals surface area contributed by atoms with Crippen molar-refractivity contribution in [3.63, 3.8) is 0 Å². The molecule has 0 aliphatic heterocycles. The molecule has 2 N–H and O–H groups in total. The molecule has 0 aliphatic carbocycles. The molecule has 1 heterocycles. The Morgan fingerprint density at radius 1 is 1.16 bits per heavy atom. The zero-order valence-electron chi connectivity index (χ0n) is 13.6. The molecule has 0 unspecified atom stereocenters. The largest absolute Gasteiger partial charge is 0.418 e. The van der Waals surface area contributed by atoms with Crippen LogP contribution in [0.1, 0.15) is 35.3 Å². The van der Waals surface area contributed by atoms with Crippen molar-refractivity contribution in [1.82, 2.24) is 4.98 Å². The molecule has 0 atom stereocenters. The number of nitrogens with one attached hydrogen (secondary N) is 2. The van der Waals surface area contributed by atoms with Gasteiger partial charge in [-0.1, -0.05) is 6.92 Å². The van der Waals surface area contributed by atoms with Crippen molar-refractivity contribution in [2.75, 3.05) is 10.6 Å². The normalized spacial score (nSPS) is 11.1. The summed E-state index contributed by atoms with van der Waals surface area (Å²) >= 11 is 0. The van der Waals surface area contributed by atoms with E-state index in [4.69, 9.17) is 0 Å². The van der Waals surface area contributed by atoms with E-state index in [0.29, 0.717) is 12.0 Å². The number of carbonyl (C=O) groups is 2. The molecule has 25 heavy (non-hydrogen) atoms. The van der Waals surface area contributed by atoms with Crippen LogP contribution in [-0.4, -0.2) is 16.8 Å². The number of aromatic nitrogens is 1. The van der Waals surface area contributed by atoms with Crippen LogP contribution in [0.25, 0.3) is 0 Å². The third-order valence-electron chi connectivity index (χ3n) is 3.42. The molecule has 0 bridgehead atoms. The molecule has 2 amide bonds. The minimum atomic E-state index is -4.69. The van der Waals surface area contributed by atoms with Gasteiger partial charge in [0, 0.05) is 30.6 Å². The van der Waals surface area contributed by atoms with Crippen LogP contribution in [0.3, 0.4) is 0 Å². The van der Waals surface area contributed by atoms with Gasteiger partial charge in [-0.25, -0.2) is 0 Å². The Morgan fingerprint density at radius 3 is 2.48 bits per heavy atom. The monoisotopic (exact) mass is 351 g/mol. The van der Waals surface area contributed by atoms with Crippen molar-refractivity contribution in [3.8, 4) is 0 Å². The van der Waals surface area contributed by atoms with Gasteiger partial charge in [-0.15, -0.1) is 0 Å². The van der Waals surface area contributed by atoms with Crippen LogP contribution in [0.5, 0.6) is 0 Å². The van der Waals surface area contributed by atoms with E-state index in [9.17, 15) is 22.8 Å². The molecule has 1 aromatic carbocycles. The van der Waals surface area contributed by atoms with Crippen molar-refractivity contribution in [2.24, 2.45) is 0 Å². The third-order valence-corrected chi connectivity index (χ3v) is 3.42. The molecule has 0 saturated heterocycles. The van der Waals surface area contributed by atoms with Crippen LogP contribution in [0.2, 0.25) is 0 Å². The van der Waals surface area contributed by atoms with E-state index in [1.807, 2.05) is 6.92 Å². The number of anilines is 2. The second-order valence-corrected chi connectivity index (χ2v) is 5.28. The fourth-order valence-electron chi connectivity index (χ4n) is 2.29. The Balaban J connectivity index is 2.38. The Morgan fingerprint density at radius 2 is 1.88 bits per heavy atom. The average Bonchev–Trinajstić information content (AvgIpc) is 2.54. The van der Waals surface area contributed by atoms with E-state index in [0.717, 1.165) is 12.1 Å². The third kappa shape index (κ3) is 4.56. The number of pyridine rings is 1. The molecule has 0 fully saturated rings. The summed E-state index contributed by atoms with van der Waals surface area (Å²) in [6.07, 6.45) is -1.27. The summed E-state index contributed by atoms with van der Waals surface area (Å²) < 4.78 is 39.9. The number of nitrogens with zero attached hydrogens (tertiary/aromatic N) is 1. The molecular formula is C17H16F3N3O2. The van der Waals surface area contributed by atoms with Gasteiger partial charge in [0.05, 0.1) is 11.3 Å². The van der Waals surface area contributed by atoms with Crippen molar-refractivity contribution in [3.05, 3.63) is 53.3 Å². The van der Waals surface area contributed by atoms with Crippen LogP contribution < -0.4 is 10.6 Å². The van der Waals surface area contributed by atoms with Gasteiger partial charge in [-0.3, -0.25) is 14.6 Å². The smallest absolute Gasteiger partial charge is 0.326 e. The first-order chi connectivity index (χ1) is 11.7. The minimum Gasteiger partial charge on any atom is -0.326 e. The van der Waals surface area contributed by atoms with Gasteiger partial charge in [0.25, 0.3) is 5.91 Å². The van der Waals surface area contributed by atoms with Crippen LogP contribution in [0, 0.1) is 0 Å². The maximum atomic E-state index is 13.3. The van der Waals surface area contributed by atoms with Crippen molar-refractivity contribution >= 4 is 23.2 Å². The molecule has 132 valence electrons. The summed E-state index contributed by atoms with van der Waals surface area (Å²) in [5.41, 5.74) is -0.541. The first-order valence-corrected chi connectivity index (χ1v) is 7.45. The quantitative estimate of drug-likeness (QED) is 0.878. The molecule has 8 heteroatoms. The standard InChI is InChI=1S/C17H16F3N3O2/c1-3-11-9-21-7-6-13(11)16(25)23-15-5-4-12(22-10(2)24)8-14(15)17(18,19)20/h4-9H,3H2,1-2H3,(H,22,24)(H,23,25). The number of carbonyl (C=O) groups excluding carboxylic acids is 2. The topological polar surface area (TPSA) is 71.1 Å². The number of amides is 2. The Labute approximate surface area is 142 Å². The molecule has 2 aromatic rings. The second kappa shape index (κ2) is 7.33. The Hall–Kier alpha value is -2.90. The van der Waals surface area contributed by atoms with Gasteiger partial charge in [0.15, 0.2) is 0 Å². The summed E-state index contributed by atoms with van der Waals surface area (Å²) in [5, 5.41) is 4.58. The summed E-state index contributed by atoms with van der Waals surface area (Å²) in [6.45, 7) is 3.01. The molecular weight excluding hydrogens is 335 g/mol. The lowest BCUT2D eigenvalue weighted by Gasteiger charge is -2.16. The molecule has 1 aromatic heterocycles. The van der Waals surface area contributed by atoms with Gasteiger partial charge in [-0.2, -0.15) is 13.2 Å².